The summed E-state index contributed by atoms with van der Waals surface area (Å²) in [7, 11) is -10.0. The number of carbonyl (C=O) groups excluding carboxylic acids is 4. The van der Waals surface area contributed by atoms with E-state index in [0.29, 0.717) is 32.1 Å². The summed E-state index contributed by atoms with van der Waals surface area (Å²) in [6.07, 6.45) is 81.2. The standard InChI is InChI=1S/C79H126O17P2/c1-5-9-13-17-21-25-29-32-35-36-39-41-45-48-52-56-60-64-77(82)90-70-75(96-79(84)66-62-58-54-50-46-42-38-34-31-27-23-19-15-11-7-3)72-94-98(87,88)92-68-73(80)67-91-97(85,86)93-71-74(95-78(83)65-61-57-53-49-43-28-24-20-16-12-8-4)69-89-76(81)63-59-55-51-47-44-40-37-33-30-26-22-18-14-10-6-2/h9-11,13-15,20-27,32-35,37-39,41,44,47-48,52,55,59,73-75,80H,5-8,12,16-19,28-31,36,40,42-43,45-46,49-51,53-54,56-58,60-72H2,1-4H3,(H,85,86)(H,87,88)/b13-9-,14-10-,15-11-,24-20-,25-21-,26-22-,27-23-,35-32-,37-33-,38-34-,41-39-,47-44-,52-48-,59-55-. The highest BCUT2D eigenvalue weighted by molar-refractivity contribution is 7.47. The fraction of sp³-hybridized carbons (Fsp3) is 0.595. The minimum absolute atomic E-state index is 0.0546. The first kappa shape index (κ1) is 92.4. The predicted molar refractivity (Wildman–Crippen MR) is 399 cm³/mol. The number of allylic oxidation sites excluding steroid dienone is 27. The van der Waals surface area contributed by atoms with Crippen molar-refractivity contribution in [2.75, 3.05) is 39.6 Å². The van der Waals surface area contributed by atoms with Gasteiger partial charge in [0.1, 0.15) is 19.3 Å². The third-order valence-corrected chi connectivity index (χ3v) is 16.1. The highest BCUT2D eigenvalue weighted by Gasteiger charge is 2.30. The van der Waals surface area contributed by atoms with Crippen LogP contribution in [0.5, 0.6) is 0 Å². The number of carbonyl (C=O) groups is 4. The van der Waals surface area contributed by atoms with Crippen LogP contribution in [0.1, 0.15) is 246 Å². The monoisotopic (exact) mass is 1410 g/mol. The molecule has 0 saturated heterocycles. The number of hydrogen-bond donors (Lipinski definition) is 3. The molecule has 0 spiro atoms. The van der Waals surface area contributed by atoms with Gasteiger partial charge in [-0.05, 0) is 141 Å². The van der Waals surface area contributed by atoms with Crippen LogP contribution in [-0.4, -0.2) is 96.7 Å². The van der Waals surface area contributed by atoms with Gasteiger partial charge < -0.3 is 33.8 Å². The molecule has 0 bridgehead atoms. The molecule has 3 N–H and O–H groups in total. The predicted octanol–water partition coefficient (Wildman–Crippen LogP) is 20.7. The number of ether oxygens (including phenoxy) is 4. The Balaban J connectivity index is 5.48. The van der Waals surface area contributed by atoms with E-state index in [-0.39, 0.29) is 25.7 Å². The summed E-state index contributed by atoms with van der Waals surface area (Å²) in [5.74, 6) is -2.44. The smallest absolute Gasteiger partial charge is 0.462 e. The summed E-state index contributed by atoms with van der Waals surface area (Å²) in [4.78, 5) is 72.6. The van der Waals surface area contributed by atoms with Crippen molar-refractivity contribution in [1.82, 2.24) is 0 Å². The molecule has 0 amide bonds. The van der Waals surface area contributed by atoms with E-state index < -0.39 is 97.5 Å². The molecule has 0 aromatic carbocycles. The fourth-order valence-corrected chi connectivity index (χ4v) is 10.3. The van der Waals surface area contributed by atoms with Crippen molar-refractivity contribution in [3.05, 3.63) is 170 Å². The van der Waals surface area contributed by atoms with Crippen molar-refractivity contribution in [1.29, 1.82) is 0 Å². The molecule has 0 aromatic rings. The van der Waals surface area contributed by atoms with E-state index in [0.717, 1.165) is 154 Å². The van der Waals surface area contributed by atoms with Crippen LogP contribution in [0, 0.1) is 0 Å². The normalized spacial score (nSPS) is 15.0. The maximum atomic E-state index is 13.1. The van der Waals surface area contributed by atoms with Crippen LogP contribution >= 0.6 is 15.6 Å². The maximum absolute atomic E-state index is 13.1. The highest BCUT2D eigenvalue weighted by atomic mass is 31.2. The van der Waals surface area contributed by atoms with Crippen LogP contribution in [0.3, 0.4) is 0 Å². The van der Waals surface area contributed by atoms with E-state index in [4.69, 9.17) is 37.0 Å². The number of phosphoric ester groups is 2. The molecule has 0 saturated carbocycles. The third-order valence-electron chi connectivity index (χ3n) is 14.2. The van der Waals surface area contributed by atoms with Crippen LogP contribution in [-0.2, 0) is 65.4 Å². The third kappa shape index (κ3) is 68.9. The molecule has 0 aliphatic heterocycles. The first-order valence-corrected chi connectivity index (χ1v) is 39.4. The molecule has 0 radical (unpaired) electrons. The number of aliphatic hydroxyl groups excluding tert-OH is 1. The molecule has 0 aliphatic rings. The number of rotatable bonds is 66. The van der Waals surface area contributed by atoms with Crippen molar-refractivity contribution < 1.29 is 80.2 Å². The van der Waals surface area contributed by atoms with Crippen LogP contribution < -0.4 is 0 Å². The minimum Gasteiger partial charge on any atom is -0.462 e. The zero-order valence-electron chi connectivity index (χ0n) is 60.1. The first-order valence-electron chi connectivity index (χ1n) is 36.4. The maximum Gasteiger partial charge on any atom is 0.472 e. The molecule has 554 valence electrons. The molecule has 0 heterocycles. The van der Waals surface area contributed by atoms with Gasteiger partial charge in [-0.1, -0.05) is 249 Å². The lowest BCUT2D eigenvalue weighted by molar-refractivity contribution is -0.161. The Morgan fingerprint density at radius 3 is 0.949 bits per heavy atom. The molecule has 0 aromatic heterocycles. The highest BCUT2D eigenvalue weighted by Crippen LogP contribution is 2.45. The Labute approximate surface area is 591 Å². The van der Waals surface area contributed by atoms with E-state index in [2.05, 4.69) is 161 Å². The number of unbranched alkanes of at least 4 members (excludes halogenated alkanes) is 13. The lowest BCUT2D eigenvalue weighted by Gasteiger charge is -2.21. The molecule has 0 fully saturated rings. The molecular formula is C79H126O17P2. The Morgan fingerprint density at radius 1 is 0.306 bits per heavy atom. The second-order valence-electron chi connectivity index (χ2n) is 23.4. The van der Waals surface area contributed by atoms with E-state index in [1.165, 1.54) is 6.42 Å². The second-order valence-corrected chi connectivity index (χ2v) is 26.3. The molecule has 19 heteroatoms. The average molecular weight is 1410 g/mol. The van der Waals surface area contributed by atoms with Gasteiger partial charge in [0.05, 0.1) is 32.8 Å². The van der Waals surface area contributed by atoms with Crippen molar-refractivity contribution in [3.8, 4) is 0 Å². The van der Waals surface area contributed by atoms with Crippen LogP contribution in [0.15, 0.2) is 170 Å². The molecule has 98 heavy (non-hydrogen) atoms. The number of esters is 4. The van der Waals surface area contributed by atoms with Crippen LogP contribution in [0.4, 0.5) is 0 Å². The zero-order valence-corrected chi connectivity index (χ0v) is 61.9. The molecular weight excluding hydrogens is 1280 g/mol. The topological polar surface area (TPSA) is 237 Å². The Bertz CT molecular complexity index is 2530. The molecule has 0 aliphatic carbocycles. The second kappa shape index (κ2) is 69.9. The van der Waals surface area contributed by atoms with Crippen molar-refractivity contribution in [2.24, 2.45) is 0 Å². The molecule has 17 nitrogen and oxygen atoms in total. The lowest BCUT2D eigenvalue weighted by atomic mass is 10.1. The van der Waals surface area contributed by atoms with Gasteiger partial charge in [-0.15, -0.1) is 0 Å². The number of phosphoric acid groups is 2. The first-order chi connectivity index (χ1) is 47.7. The van der Waals surface area contributed by atoms with Crippen LogP contribution in [0.25, 0.3) is 0 Å². The molecule has 5 atom stereocenters. The van der Waals surface area contributed by atoms with Crippen molar-refractivity contribution in [2.45, 2.75) is 264 Å². The van der Waals surface area contributed by atoms with E-state index in [1.807, 2.05) is 30.4 Å². The summed E-state index contributed by atoms with van der Waals surface area (Å²) in [6.45, 7) is 4.23. The fourth-order valence-electron chi connectivity index (χ4n) is 8.73. The lowest BCUT2D eigenvalue weighted by Crippen LogP contribution is -2.30. The minimum atomic E-state index is -5.00. The Morgan fingerprint density at radius 2 is 0.582 bits per heavy atom. The zero-order chi connectivity index (χ0) is 71.8. The summed E-state index contributed by atoms with van der Waals surface area (Å²) in [5, 5.41) is 10.6. The van der Waals surface area contributed by atoms with Crippen molar-refractivity contribution in [3.63, 3.8) is 0 Å². The number of aliphatic hydroxyl groups is 1. The number of hydrogen-bond acceptors (Lipinski definition) is 15. The van der Waals surface area contributed by atoms with Crippen LogP contribution in [0.2, 0.25) is 0 Å². The van der Waals surface area contributed by atoms with Gasteiger partial charge in [-0.25, -0.2) is 9.13 Å². The summed E-state index contributed by atoms with van der Waals surface area (Å²) in [5.41, 5.74) is 0. The summed E-state index contributed by atoms with van der Waals surface area (Å²) < 4.78 is 68.1. The van der Waals surface area contributed by atoms with E-state index in [9.17, 15) is 43.2 Å². The SMILES string of the molecule is CC/C=C\C/C=C\C/C=C\C/C=C\C/C=C\CCCC(=O)OCC(COP(=O)(O)OCC(O)COP(=O)(O)OCC(COC(=O)C/C=C\C/C=C\C/C=C\C/C=C\C/C=C\CC)OC(=O)CCCCCCC/C=C\CCCC)OC(=O)CCCCCCC/C=C\C/C=C\C/C=C\CC. The van der Waals surface area contributed by atoms with E-state index in [1.54, 1.807) is 6.08 Å². The van der Waals surface area contributed by atoms with Gasteiger partial charge in [0.15, 0.2) is 12.2 Å². The quantitative estimate of drug-likeness (QED) is 0.0169. The average Bonchev–Trinajstić information content (AvgIpc) is 0.986. The molecule has 5 unspecified atom stereocenters. The van der Waals surface area contributed by atoms with Crippen molar-refractivity contribution >= 4 is 39.5 Å². The van der Waals surface area contributed by atoms with Gasteiger partial charge in [0, 0.05) is 19.3 Å². The summed E-state index contributed by atoms with van der Waals surface area (Å²) in [6, 6.07) is 0. The van der Waals surface area contributed by atoms with Gasteiger partial charge in [-0.3, -0.25) is 37.3 Å². The van der Waals surface area contributed by atoms with Gasteiger partial charge in [0.25, 0.3) is 0 Å². The molecule has 0 rings (SSSR count). The van der Waals surface area contributed by atoms with Gasteiger partial charge >= 0.3 is 39.5 Å². The largest absolute Gasteiger partial charge is 0.472 e. The summed E-state index contributed by atoms with van der Waals surface area (Å²) >= 11 is 0. The Kier molecular flexibility index (Phi) is 65.9. The van der Waals surface area contributed by atoms with Gasteiger partial charge in [0.2, 0.25) is 0 Å². The Hall–Kier alpha value is -5.58. The van der Waals surface area contributed by atoms with Gasteiger partial charge in [-0.2, -0.15) is 0 Å². The van der Waals surface area contributed by atoms with E-state index >= 15 is 0 Å².